The molecule has 0 heterocycles. The molecule has 0 unspecified atom stereocenters. The molecule has 2 N–H and O–H groups in total. The summed E-state index contributed by atoms with van der Waals surface area (Å²) in [5, 5.41) is 7.44. The van der Waals surface area contributed by atoms with Gasteiger partial charge in [-0.25, -0.2) is 4.99 Å². The first-order valence-electron chi connectivity index (χ1n) is 21.9. The molecule has 0 radical (unpaired) electrons. The van der Waals surface area contributed by atoms with Gasteiger partial charge >= 0.3 is 0 Å². The molecule has 0 fully saturated rings. The molecular weight excluding hydrogens is 761 g/mol. The van der Waals surface area contributed by atoms with Crippen LogP contribution in [-0.4, -0.2) is 5.84 Å². The average molecular weight is 807 g/mol. The molecule has 1 aliphatic carbocycles. The van der Waals surface area contributed by atoms with E-state index in [1.165, 1.54) is 88.0 Å². The Morgan fingerprint density at radius 1 is 0.460 bits per heavy atom. The number of nitrogens with zero attached hydrogens (tertiary/aromatic N) is 1. The van der Waals surface area contributed by atoms with Crippen molar-refractivity contribution >= 4 is 43.9 Å². The van der Waals surface area contributed by atoms with Gasteiger partial charge in [0.2, 0.25) is 0 Å². The van der Waals surface area contributed by atoms with Gasteiger partial charge in [0.15, 0.2) is 0 Å². The summed E-state index contributed by atoms with van der Waals surface area (Å²) in [7, 11) is 0. The summed E-state index contributed by atoms with van der Waals surface area (Å²) < 4.78 is 0. The van der Waals surface area contributed by atoms with E-state index >= 15 is 0 Å². The lowest BCUT2D eigenvalue weighted by atomic mass is 9.82. The van der Waals surface area contributed by atoms with Crippen LogP contribution in [0.25, 0.3) is 82.5 Å². The second kappa shape index (κ2) is 15.6. The summed E-state index contributed by atoms with van der Waals surface area (Å²) in [5.41, 5.74) is 23.5. The third-order valence-corrected chi connectivity index (χ3v) is 13.2. The zero-order chi connectivity index (χ0) is 42.5. The van der Waals surface area contributed by atoms with E-state index in [-0.39, 0.29) is 5.41 Å². The molecular formula is C61H46N2. The highest BCUT2D eigenvalue weighted by Crippen LogP contribution is 2.50. The van der Waals surface area contributed by atoms with E-state index in [0.29, 0.717) is 12.3 Å². The van der Waals surface area contributed by atoms with Crippen LogP contribution < -0.4 is 5.73 Å². The first-order valence-corrected chi connectivity index (χ1v) is 21.9. The van der Waals surface area contributed by atoms with Gasteiger partial charge in [-0.05, 0) is 112 Å². The Kier molecular flexibility index (Phi) is 9.43. The largest absolute Gasteiger partial charge is 0.383 e. The van der Waals surface area contributed by atoms with E-state index in [9.17, 15) is 0 Å². The van der Waals surface area contributed by atoms with Crippen LogP contribution >= 0.6 is 0 Å². The van der Waals surface area contributed by atoms with Crippen molar-refractivity contribution in [3.8, 4) is 44.5 Å². The van der Waals surface area contributed by atoms with Gasteiger partial charge in [-0.3, -0.25) is 0 Å². The molecule has 10 aromatic rings. The van der Waals surface area contributed by atoms with Crippen molar-refractivity contribution in [3.63, 3.8) is 0 Å². The molecule has 10 aromatic carbocycles. The highest BCUT2D eigenvalue weighted by Gasteiger charge is 2.35. The lowest BCUT2D eigenvalue weighted by molar-refractivity contribution is 0.660. The third-order valence-electron chi connectivity index (χ3n) is 13.2. The van der Waals surface area contributed by atoms with Gasteiger partial charge in [-0.1, -0.05) is 226 Å². The van der Waals surface area contributed by atoms with Gasteiger partial charge in [0, 0.05) is 11.0 Å². The van der Waals surface area contributed by atoms with E-state index < -0.39 is 0 Å². The minimum absolute atomic E-state index is 0.00312. The number of aliphatic imine (C=N–C) groups is 1. The van der Waals surface area contributed by atoms with Crippen LogP contribution in [0.3, 0.4) is 0 Å². The minimum Gasteiger partial charge on any atom is -0.383 e. The molecule has 1 aliphatic rings. The van der Waals surface area contributed by atoms with Gasteiger partial charge < -0.3 is 5.73 Å². The van der Waals surface area contributed by atoms with E-state index in [4.69, 9.17) is 10.7 Å². The van der Waals surface area contributed by atoms with Crippen molar-refractivity contribution in [2.24, 2.45) is 10.7 Å². The van der Waals surface area contributed by atoms with Crippen molar-refractivity contribution in [1.82, 2.24) is 0 Å². The van der Waals surface area contributed by atoms with Crippen LogP contribution in [0.4, 0.5) is 0 Å². The quantitative estimate of drug-likeness (QED) is 0.0706. The van der Waals surface area contributed by atoms with Crippen molar-refractivity contribution in [3.05, 3.63) is 246 Å². The summed E-state index contributed by atoms with van der Waals surface area (Å²) in [6.07, 6.45) is 2.91. The lowest BCUT2D eigenvalue weighted by Gasteiger charge is -2.21. The molecule has 0 bridgehead atoms. The molecule has 0 saturated heterocycles. The highest BCUT2D eigenvalue weighted by molar-refractivity contribution is 6.27. The fraction of sp³-hybridized carbons (Fsp3) is 0.0656. The molecule has 0 atom stereocenters. The Hall–Kier alpha value is -7.81. The summed E-state index contributed by atoms with van der Waals surface area (Å²) >= 11 is 0. The maximum absolute atomic E-state index is 6.74. The van der Waals surface area contributed by atoms with Gasteiger partial charge in [0.05, 0.1) is 5.70 Å². The molecule has 0 amide bonds. The molecule has 11 rings (SSSR count). The smallest absolute Gasteiger partial charge is 0.131 e. The number of amidine groups is 1. The maximum atomic E-state index is 6.74. The van der Waals surface area contributed by atoms with Crippen LogP contribution in [0.5, 0.6) is 0 Å². The van der Waals surface area contributed by atoms with Gasteiger partial charge in [0.1, 0.15) is 5.84 Å². The van der Waals surface area contributed by atoms with Crippen molar-refractivity contribution in [2.45, 2.75) is 25.7 Å². The Morgan fingerprint density at radius 3 is 1.81 bits per heavy atom. The molecule has 0 saturated carbocycles. The van der Waals surface area contributed by atoms with Gasteiger partial charge in [0.25, 0.3) is 0 Å². The van der Waals surface area contributed by atoms with Crippen LogP contribution in [0.1, 0.15) is 41.7 Å². The zero-order valence-corrected chi connectivity index (χ0v) is 35.5. The summed E-state index contributed by atoms with van der Waals surface area (Å²) in [6.45, 7) is 4.66. The average Bonchev–Trinajstić information content (AvgIpc) is 3.57. The SMILES string of the molecule is CC1(C)c2ccccc2-c2cc(-c3ccc(C/C=C(\N=C(N)c4ccccc4)c4ccc(-c5c6ccccc6c(-c6ccccc6)c6ccc7ccccc7c56)cc4)cc3)ccc21. The monoisotopic (exact) mass is 806 g/mol. The topological polar surface area (TPSA) is 38.4 Å². The normalized spacial score (nSPS) is 13.4. The first-order chi connectivity index (χ1) is 30.9. The fourth-order valence-corrected chi connectivity index (χ4v) is 9.95. The zero-order valence-electron chi connectivity index (χ0n) is 35.5. The standard InChI is InChI=1S/C61H46N2/c1-61(2)54-24-14-13-21-49(54)53-39-47(35-37-55(53)61)41-28-25-40(26-29-41)27-38-56(63-60(62)46-18-7-4-8-19-46)43-30-32-45(33-31-43)58-51-23-12-11-22-50(51)57(44-16-5-3-6-17-44)52-36-34-42-15-9-10-20-48(42)59(52)58/h3-26,28-39H,27H2,1-2H3,(H2,62,63)/b56-38-. The van der Waals surface area contributed by atoms with Crippen LogP contribution in [-0.2, 0) is 11.8 Å². The van der Waals surface area contributed by atoms with Crippen molar-refractivity contribution < 1.29 is 0 Å². The van der Waals surface area contributed by atoms with Crippen LogP contribution in [0.15, 0.2) is 223 Å². The Balaban J connectivity index is 0.981. The third kappa shape index (κ3) is 6.72. The first kappa shape index (κ1) is 38.1. The maximum Gasteiger partial charge on any atom is 0.131 e. The predicted octanol–water partition coefficient (Wildman–Crippen LogP) is 15.4. The Labute approximate surface area is 369 Å². The second-order valence-electron chi connectivity index (χ2n) is 17.2. The Bertz CT molecular complexity index is 3410. The molecule has 0 aliphatic heterocycles. The molecule has 2 nitrogen and oxygen atoms in total. The van der Waals surface area contributed by atoms with E-state index in [2.05, 4.69) is 202 Å². The predicted molar refractivity (Wildman–Crippen MR) is 268 cm³/mol. The molecule has 0 aromatic heterocycles. The molecule has 300 valence electrons. The van der Waals surface area contributed by atoms with Crippen LogP contribution in [0.2, 0.25) is 0 Å². The Morgan fingerprint density at radius 2 is 1.05 bits per heavy atom. The van der Waals surface area contributed by atoms with E-state index in [1.54, 1.807) is 0 Å². The number of rotatable bonds is 8. The second-order valence-corrected chi connectivity index (χ2v) is 17.2. The molecule has 2 heteroatoms. The number of hydrogen-bond donors (Lipinski definition) is 1. The summed E-state index contributed by atoms with van der Waals surface area (Å²) in [4.78, 5) is 5.10. The fourth-order valence-electron chi connectivity index (χ4n) is 9.95. The summed E-state index contributed by atoms with van der Waals surface area (Å²) in [6, 6.07) is 76.7. The highest BCUT2D eigenvalue weighted by atomic mass is 14.9. The van der Waals surface area contributed by atoms with E-state index in [1.807, 2.05) is 30.3 Å². The summed E-state index contributed by atoms with van der Waals surface area (Å²) in [5.74, 6) is 0.489. The molecule has 63 heavy (non-hydrogen) atoms. The van der Waals surface area contributed by atoms with E-state index in [0.717, 1.165) is 22.4 Å². The number of hydrogen-bond acceptors (Lipinski definition) is 1. The van der Waals surface area contributed by atoms with Crippen LogP contribution in [0, 0.1) is 0 Å². The number of allylic oxidation sites excluding steroid dienone is 1. The van der Waals surface area contributed by atoms with Gasteiger partial charge in [-0.2, -0.15) is 0 Å². The van der Waals surface area contributed by atoms with Gasteiger partial charge in [-0.15, -0.1) is 0 Å². The van der Waals surface area contributed by atoms with Crippen molar-refractivity contribution in [2.75, 3.05) is 0 Å². The number of fused-ring (bicyclic) bond motifs is 7. The van der Waals surface area contributed by atoms with Crippen molar-refractivity contribution in [1.29, 1.82) is 0 Å². The lowest BCUT2D eigenvalue weighted by Crippen LogP contribution is -2.14. The minimum atomic E-state index is -0.00312. The molecule has 0 spiro atoms. The number of benzene rings is 10. The number of nitrogens with two attached hydrogens (primary N) is 1.